The predicted octanol–water partition coefficient (Wildman–Crippen LogP) is -1.52. The third kappa shape index (κ3) is 1.06. The van der Waals surface area contributed by atoms with Crippen molar-refractivity contribution in [2.75, 3.05) is 13.7 Å². The fourth-order valence-corrected chi connectivity index (χ4v) is 1.70. The molecule has 0 spiro atoms. The largest absolute Gasteiger partial charge is 0.387 e. The molecule has 2 bridgehead atoms. The topological polar surface area (TPSA) is 68.2 Å². The number of aliphatic hydroxyl groups excluding tert-OH is 2. The Bertz CT molecular complexity index is 173. The van der Waals surface area contributed by atoms with Gasteiger partial charge in [-0.05, 0) is 0 Å². The molecule has 70 valence electrons. The zero-order chi connectivity index (χ0) is 8.72. The average molecular weight is 176 g/mol. The SMILES string of the molecule is CO[C@H]1[C@H](O)[C@@H]2CO[C@H]1[C@H](O)O2. The van der Waals surface area contributed by atoms with Crippen molar-refractivity contribution in [1.29, 1.82) is 0 Å². The fourth-order valence-electron chi connectivity index (χ4n) is 1.70. The summed E-state index contributed by atoms with van der Waals surface area (Å²) in [7, 11) is 1.48. The molecule has 0 amide bonds. The molecule has 0 radical (unpaired) electrons. The summed E-state index contributed by atoms with van der Waals surface area (Å²) >= 11 is 0. The van der Waals surface area contributed by atoms with Crippen molar-refractivity contribution in [3.8, 4) is 0 Å². The molecule has 5 atom stereocenters. The van der Waals surface area contributed by atoms with Crippen molar-refractivity contribution in [2.24, 2.45) is 0 Å². The molecule has 3 heterocycles. The highest BCUT2D eigenvalue weighted by Gasteiger charge is 2.50. The fraction of sp³-hybridized carbons (Fsp3) is 1.00. The smallest absolute Gasteiger partial charge is 0.184 e. The highest BCUT2D eigenvalue weighted by molar-refractivity contribution is 4.94. The molecule has 2 N–H and O–H groups in total. The Hall–Kier alpha value is -0.200. The normalized spacial score (nSPS) is 52.8. The Kier molecular flexibility index (Phi) is 2.05. The van der Waals surface area contributed by atoms with Crippen molar-refractivity contribution in [3.05, 3.63) is 0 Å². The minimum atomic E-state index is -0.975. The lowest BCUT2D eigenvalue weighted by molar-refractivity contribution is -0.346. The molecule has 5 heteroatoms. The van der Waals surface area contributed by atoms with Crippen LogP contribution in [0.5, 0.6) is 0 Å². The second-order valence-electron chi connectivity index (χ2n) is 3.05. The minimum Gasteiger partial charge on any atom is -0.387 e. The highest BCUT2D eigenvalue weighted by Crippen LogP contribution is 2.29. The summed E-state index contributed by atoms with van der Waals surface area (Å²) in [6.07, 6.45) is -3.17. The van der Waals surface area contributed by atoms with Gasteiger partial charge in [-0.15, -0.1) is 0 Å². The number of aliphatic hydroxyl groups is 2. The van der Waals surface area contributed by atoms with Gasteiger partial charge in [-0.2, -0.15) is 0 Å². The van der Waals surface area contributed by atoms with Gasteiger partial charge in [0.25, 0.3) is 0 Å². The van der Waals surface area contributed by atoms with E-state index in [1.54, 1.807) is 0 Å². The minimum absolute atomic E-state index is 0.322. The molecule has 3 aliphatic heterocycles. The van der Waals surface area contributed by atoms with E-state index in [1.165, 1.54) is 7.11 Å². The number of hydrogen-bond acceptors (Lipinski definition) is 5. The quantitative estimate of drug-likeness (QED) is 0.507. The van der Waals surface area contributed by atoms with Gasteiger partial charge in [0, 0.05) is 7.11 Å². The summed E-state index contributed by atoms with van der Waals surface area (Å²) in [4.78, 5) is 0. The molecule has 0 aromatic carbocycles. The second-order valence-corrected chi connectivity index (χ2v) is 3.05. The van der Waals surface area contributed by atoms with Crippen LogP contribution < -0.4 is 0 Å². The number of methoxy groups -OCH3 is 1. The average Bonchev–Trinajstić information content (AvgIpc) is 2.07. The summed E-state index contributed by atoms with van der Waals surface area (Å²) in [6, 6.07) is 0. The molecule has 12 heavy (non-hydrogen) atoms. The van der Waals surface area contributed by atoms with Crippen LogP contribution in [0, 0.1) is 0 Å². The van der Waals surface area contributed by atoms with E-state index >= 15 is 0 Å². The second kappa shape index (κ2) is 2.93. The maximum atomic E-state index is 9.54. The first-order valence-electron chi connectivity index (χ1n) is 3.90. The van der Waals surface area contributed by atoms with Crippen LogP contribution in [-0.2, 0) is 14.2 Å². The lowest BCUT2D eigenvalue weighted by Gasteiger charge is -2.47. The highest BCUT2D eigenvalue weighted by atomic mass is 16.7. The standard InChI is InChI=1S/C7H12O5/c1-10-5-4(8)3-2-11-6(5)7(9)12-3/h3-9H,2H2,1H3/t3-,4+,5-,6+,7+/m0/s1. The van der Waals surface area contributed by atoms with E-state index in [2.05, 4.69) is 0 Å². The lowest BCUT2D eigenvalue weighted by atomic mass is 9.96. The van der Waals surface area contributed by atoms with E-state index in [-0.39, 0.29) is 0 Å². The molecule has 0 aromatic heterocycles. The van der Waals surface area contributed by atoms with Gasteiger partial charge in [-0.3, -0.25) is 0 Å². The van der Waals surface area contributed by atoms with Crippen molar-refractivity contribution in [3.63, 3.8) is 0 Å². The summed E-state index contributed by atoms with van der Waals surface area (Å²) in [5.74, 6) is 0. The molecule has 0 aromatic rings. The molecule has 0 saturated carbocycles. The molecular weight excluding hydrogens is 164 g/mol. The Balaban J connectivity index is 2.15. The van der Waals surface area contributed by atoms with Crippen LogP contribution in [0.2, 0.25) is 0 Å². The Morgan fingerprint density at radius 3 is 2.67 bits per heavy atom. The maximum absolute atomic E-state index is 9.54. The monoisotopic (exact) mass is 176 g/mol. The molecule has 3 saturated heterocycles. The molecule has 0 aliphatic carbocycles. The van der Waals surface area contributed by atoms with Gasteiger partial charge in [0.15, 0.2) is 6.29 Å². The summed E-state index contributed by atoms with van der Waals surface area (Å²) < 4.78 is 15.2. The first-order chi connectivity index (χ1) is 5.74. The summed E-state index contributed by atoms with van der Waals surface area (Å²) in [5.41, 5.74) is 0. The van der Waals surface area contributed by atoms with Crippen molar-refractivity contribution in [2.45, 2.75) is 30.7 Å². The van der Waals surface area contributed by atoms with E-state index in [0.717, 1.165) is 0 Å². The predicted molar refractivity (Wildman–Crippen MR) is 37.4 cm³/mol. The molecule has 3 aliphatic rings. The number of fused-ring (bicyclic) bond motifs is 3. The zero-order valence-corrected chi connectivity index (χ0v) is 6.71. The molecule has 0 unspecified atom stereocenters. The van der Waals surface area contributed by atoms with Crippen LogP contribution in [0.15, 0.2) is 0 Å². The molecule has 3 fully saturated rings. The maximum Gasteiger partial charge on any atom is 0.184 e. The number of hydrogen-bond donors (Lipinski definition) is 2. The Morgan fingerprint density at radius 1 is 1.42 bits per heavy atom. The Morgan fingerprint density at radius 2 is 2.17 bits per heavy atom. The van der Waals surface area contributed by atoms with E-state index < -0.39 is 30.7 Å². The van der Waals surface area contributed by atoms with Gasteiger partial charge in [0.05, 0.1) is 6.61 Å². The third-order valence-electron chi connectivity index (χ3n) is 2.36. The third-order valence-corrected chi connectivity index (χ3v) is 2.36. The van der Waals surface area contributed by atoms with Crippen LogP contribution in [0.4, 0.5) is 0 Å². The van der Waals surface area contributed by atoms with Gasteiger partial charge in [-0.1, -0.05) is 0 Å². The molecular formula is C7H12O5. The van der Waals surface area contributed by atoms with Crippen molar-refractivity contribution < 1.29 is 24.4 Å². The first kappa shape index (κ1) is 8.40. The van der Waals surface area contributed by atoms with Crippen LogP contribution >= 0.6 is 0 Å². The zero-order valence-electron chi connectivity index (χ0n) is 6.71. The van der Waals surface area contributed by atoms with E-state index in [9.17, 15) is 10.2 Å². The van der Waals surface area contributed by atoms with Crippen molar-refractivity contribution >= 4 is 0 Å². The van der Waals surface area contributed by atoms with Gasteiger partial charge in [0.1, 0.15) is 24.4 Å². The molecule has 3 rings (SSSR count). The van der Waals surface area contributed by atoms with Crippen LogP contribution in [-0.4, -0.2) is 54.6 Å². The van der Waals surface area contributed by atoms with Gasteiger partial charge >= 0.3 is 0 Å². The van der Waals surface area contributed by atoms with E-state index in [1.807, 2.05) is 0 Å². The summed E-state index contributed by atoms with van der Waals surface area (Å²) in [6.45, 7) is 0.322. The first-order valence-corrected chi connectivity index (χ1v) is 3.90. The van der Waals surface area contributed by atoms with Crippen LogP contribution in [0.1, 0.15) is 0 Å². The van der Waals surface area contributed by atoms with Crippen molar-refractivity contribution in [1.82, 2.24) is 0 Å². The van der Waals surface area contributed by atoms with Gasteiger partial charge in [0.2, 0.25) is 0 Å². The van der Waals surface area contributed by atoms with Crippen LogP contribution in [0.25, 0.3) is 0 Å². The number of rotatable bonds is 1. The van der Waals surface area contributed by atoms with Gasteiger partial charge in [-0.25, -0.2) is 0 Å². The number of ether oxygens (including phenoxy) is 3. The lowest BCUT2D eigenvalue weighted by Crippen LogP contribution is -2.65. The van der Waals surface area contributed by atoms with E-state index in [4.69, 9.17) is 14.2 Å². The van der Waals surface area contributed by atoms with Crippen LogP contribution in [0.3, 0.4) is 0 Å². The molecule has 5 nitrogen and oxygen atoms in total. The van der Waals surface area contributed by atoms with Gasteiger partial charge < -0.3 is 24.4 Å². The summed E-state index contributed by atoms with van der Waals surface area (Å²) in [5, 5.41) is 18.8. The Labute approximate surface area is 69.8 Å². The van der Waals surface area contributed by atoms with E-state index in [0.29, 0.717) is 6.61 Å².